The van der Waals surface area contributed by atoms with Crippen molar-refractivity contribution < 1.29 is 14.1 Å². The van der Waals surface area contributed by atoms with Crippen LogP contribution in [0.15, 0.2) is 10.6 Å². The summed E-state index contributed by atoms with van der Waals surface area (Å²) in [5.41, 5.74) is 0.429. The normalized spacial score (nSPS) is 32.0. The van der Waals surface area contributed by atoms with Gasteiger partial charge >= 0.3 is 0 Å². The molecule has 0 aliphatic carbocycles. The summed E-state index contributed by atoms with van der Waals surface area (Å²) in [6.07, 6.45) is 5.04. The lowest BCUT2D eigenvalue weighted by molar-refractivity contribution is -0.104. The highest BCUT2D eigenvalue weighted by molar-refractivity contribution is 5.92. The molecule has 6 heteroatoms. The SMILES string of the molecule is Cc1cc(C(=O)N2C[C@H]3CCCO[C@H]3[C@@H](N3CCCC3)C2)no1. The molecule has 0 bridgehead atoms. The third kappa shape index (κ3) is 2.90. The van der Waals surface area contributed by atoms with Crippen LogP contribution in [-0.2, 0) is 4.74 Å². The van der Waals surface area contributed by atoms with Crippen LogP contribution >= 0.6 is 0 Å². The zero-order valence-corrected chi connectivity index (χ0v) is 13.7. The van der Waals surface area contributed by atoms with Gasteiger partial charge in [-0.2, -0.15) is 0 Å². The quantitative estimate of drug-likeness (QED) is 0.830. The van der Waals surface area contributed by atoms with Crippen LogP contribution in [0.25, 0.3) is 0 Å². The maximum Gasteiger partial charge on any atom is 0.276 e. The molecule has 6 nitrogen and oxygen atoms in total. The molecule has 1 amide bonds. The number of hydrogen-bond acceptors (Lipinski definition) is 5. The van der Waals surface area contributed by atoms with E-state index in [1.165, 1.54) is 12.8 Å². The Kier molecular flexibility index (Phi) is 4.11. The fourth-order valence-electron chi connectivity index (χ4n) is 4.36. The van der Waals surface area contributed by atoms with Crippen molar-refractivity contribution in [1.29, 1.82) is 0 Å². The zero-order valence-electron chi connectivity index (χ0n) is 13.7. The number of piperidine rings is 1. The van der Waals surface area contributed by atoms with Gasteiger partial charge in [0, 0.05) is 31.7 Å². The molecule has 3 aliphatic heterocycles. The average molecular weight is 319 g/mol. The van der Waals surface area contributed by atoms with Gasteiger partial charge in [-0.3, -0.25) is 9.69 Å². The van der Waals surface area contributed by atoms with Gasteiger partial charge in [-0.1, -0.05) is 5.16 Å². The van der Waals surface area contributed by atoms with Crippen molar-refractivity contribution in [2.24, 2.45) is 5.92 Å². The Bertz CT molecular complexity index is 567. The molecule has 3 aliphatic rings. The minimum atomic E-state index is -0.00456. The maximum atomic E-state index is 12.8. The molecule has 0 spiro atoms. The summed E-state index contributed by atoms with van der Waals surface area (Å²) in [6.45, 7) is 6.45. The van der Waals surface area contributed by atoms with E-state index in [9.17, 15) is 4.79 Å². The smallest absolute Gasteiger partial charge is 0.276 e. The van der Waals surface area contributed by atoms with Gasteiger partial charge in [0.15, 0.2) is 5.69 Å². The zero-order chi connectivity index (χ0) is 15.8. The number of rotatable bonds is 2. The lowest BCUT2D eigenvalue weighted by atomic mass is 9.84. The highest BCUT2D eigenvalue weighted by atomic mass is 16.5. The van der Waals surface area contributed by atoms with Crippen molar-refractivity contribution in [1.82, 2.24) is 15.0 Å². The van der Waals surface area contributed by atoms with Crippen molar-refractivity contribution in [2.75, 3.05) is 32.8 Å². The molecule has 1 aromatic rings. The van der Waals surface area contributed by atoms with Crippen molar-refractivity contribution in [3.05, 3.63) is 17.5 Å². The van der Waals surface area contributed by atoms with E-state index in [0.29, 0.717) is 23.4 Å². The fourth-order valence-corrected chi connectivity index (χ4v) is 4.36. The number of carbonyl (C=O) groups excluding carboxylic acids is 1. The standard InChI is InChI=1S/C17H25N3O3/c1-12-9-14(18-23-12)17(21)20-10-13-5-4-8-22-16(13)15(11-20)19-6-2-3-7-19/h9,13,15-16H,2-8,10-11H2,1H3/t13-,15+,16-/m1/s1. The number of nitrogens with zero attached hydrogens (tertiary/aromatic N) is 3. The van der Waals surface area contributed by atoms with Crippen LogP contribution < -0.4 is 0 Å². The van der Waals surface area contributed by atoms with E-state index in [-0.39, 0.29) is 12.0 Å². The Balaban J connectivity index is 1.55. The first-order chi connectivity index (χ1) is 11.2. The molecule has 3 saturated heterocycles. The van der Waals surface area contributed by atoms with Gasteiger partial charge in [0.1, 0.15) is 5.76 Å². The number of aryl methyl sites for hydroxylation is 1. The number of likely N-dealkylation sites (tertiary alicyclic amines) is 2. The van der Waals surface area contributed by atoms with Crippen molar-refractivity contribution in [3.8, 4) is 0 Å². The Morgan fingerprint density at radius 3 is 2.83 bits per heavy atom. The number of hydrogen-bond donors (Lipinski definition) is 0. The molecule has 4 rings (SSSR count). The molecule has 0 aromatic carbocycles. The largest absolute Gasteiger partial charge is 0.376 e. The second-order valence-corrected chi connectivity index (χ2v) is 7.08. The van der Waals surface area contributed by atoms with Crippen LogP contribution in [-0.4, -0.2) is 65.8 Å². The van der Waals surface area contributed by atoms with Gasteiger partial charge < -0.3 is 14.2 Å². The number of carbonyl (C=O) groups is 1. The average Bonchev–Trinajstić information content (AvgIpc) is 3.24. The second-order valence-electron chi connectivity index (χ2n) is 7.08. The summed E-state index contributed by atoms with van der Waals surface area (Å²) in [7, 11) is 0. The van der Waals surface area contributed by atoms with Gasteiger partial charge in [-0.15, -0.1) is 0 Å². The Hall–Kier alpha value is -1.40. The number of ether oxygens (including phenoxy) is 1. The van der Waals surface area contributed by atoms with Crippen LogP contribution in [0, 0.1) is 12.8 Å². The Morgan fingerprint density at radius 1 is 1.26 bits per heavy atom. The topological polar surface area (TPSA) is 58.8 Å². The first-order valence-corrected chi connectivity index (χ1v) is 8.80. The predicted octanol–water partition coefficient (Wildman–Crippen LogP) is 1.70. The van der Waals surface area contributed by atoms with E-state index >= 15 is 0 Å². The molecule has 3 atom stereocenters. The minimum absolute atomic E-state index is 0.00456. The molecule has 0 saturated carbocycles. The monoisotopic (exact) mass is 319 g/mol. The third-order valence-corrected chi connectivity index (χ3v) is 5.48. The van der Waals surface area contributed by atoms with Crippen LogP contribution in [0.2, 0.25) is 0 Å². The van der Waals surface area contributed by atoms with Crippen molar-refractivity contribution in [3.63, 3.8) is 0 Å². The molecule has 0 N–H and O–H groups in total. The number of fused-ring (bicyclic) bond motifs is 1. The van der Waals surface area contributed by atoms with Gasteiger partial charge in [0.25, 0.3) is 5.91 Å². The highest BCUT2D eigenvalue weighted by Crippen LogP contribution is 2.33. The highest BCUT2D eigenvalue weighted by Gasteiger charge is 2.44. The molecule has 23 heavy (non-hydrogen) atoms. The summed E-state index contributed by atoms with van der Waals surface area (Å²) in [4.78, 5) is 17.3. The van der Waals surface area contributed by atoms with E-state index in [1.54, 1.807) is 6.07 Å². The third-order valence-electron chi connectivity index (χ3n) is 5.48. The lowest BCUT2D eigenvalue weighted by Crippen LogP contribution is -2.61. The maximum absolute atomic E-state index is 12.8. The first kappa shape index (κ1) is 15.1. The molecular weight excluding hydrogens is 294 g/mol. The fraction of sp³-hybridized carbons (Fsp3) is 0.765. The van der Waals surface area contributed by atoms with Crippen LogP contribution in [0.3, 0.4) is 0 Å². The molecule has 4 heterocycles. The summed E-state index contributed by atoms with van der Waals surface area (Å²) in [5.74, 6) is 1.12. The van der Waals surface area contributed by atoms with E-state index < -0.39 is 0 Å². The van der Waals surface area contributed by atoms with E-state index in [1.807, 2.05) is 11.8 Å². The Morgan fingerprint density at radius 2 is 2.09 bits per heavy atom. The Labute approximate surface area is 136 Å². The summed E-state index contributed by atoms with van der Waals surface area (Å²) in [6, 6.07) is 2.06. The minimum Gasteiger partial charge on any atom is -0.376 e. The summed E-state index contributed by atoms with van der Waals surface area (Å²) < 4.78 is 11.2. The number of aromatic nitrogens is 1. The van der Waals surface area contributed by atoms with Crippen LogP contribution in [0.5, 0.6) is 0 Å². The van der Waals surface area contributed by atoms with Gasteiger partial charge in [0.2, 0.25) is 0 Å². The van der Waals surface area contributed by atoms with Crippen LogP contribution in [0.1, 0.15) is 41.9 Å². The molecule has 126 valence electrons. The number of amides is 1. The van der Waals surface area contributed by atoms with E-state index in [0.717, 1.165) is 45.6 Å². The van der Waals surface area contributed by atoms with E-state index in [4.69, 9.17) is 9.26 Å². The van der Waals surface area contributed by atoms with Gasteiger partial charge in [-0.05, 0) is 45.7 Å². The summed E-state index contributed by atoms with van der Waals surface area (Å²) >= 11 is 0. The van der Waals surface area contributed by atoms with Gasteiger partial charge in [0.05, 0.1) is 12.1 Å². The summed E-state index contributed by atoms with van der Waals surface area (Å²) in [5, 5.41) is 3.91. The first-order valence-electron chi connectivity index (χ1n) is 8.80. The van der Waals surface area contributed by atoms with Crippen LogP contribution in [0.4, 0.5) is 0 Å². The molecule has 0 radical (unpaired) electrons. The second kappa shape index (κ2) is 6.24. The molecule has 1 aromatic heterocycles. The van der Waals surface area contributed by atoms with Crippen molar-refractivity contribution in [2.45, 2.75) is 44.8 Å². The molecular formula is C17H25N3O3. The molecule has 3 fully saturated rings. The predicted molar refractivity (Wildman–Crippen MR) is 84.2 cm³/mol. The van der Waals surface area contributed by atoms with Gasteiger partial charge in [-0.25, -0.2) is 0 Å². The van der Waals surface area contributed by atoms with Crippen molar-refractivity contribution >= 4 is 5.91 Å². The molecule has 0 unspecified atom stereocenters. The lowest BCUT2D eigenvalue weighted by Gasteiger charge is -2.48. The van der Waals surface area contributed by atoms with E-state index in [2.05, 4.69) is 10.1 Å².